The second kappa shape index (κ2) is 7.11. The highest BCUT2D eigenvalue weighted by atomic mass is 19.4. The smallest absolute Gasteiger partial charge is 0.357 e. The standard InChI is InChI=1S/C15H22F3N3/c1-2-8-19-11-13-4-3-5-14(20-13)21-9-6-12(7-10-21)15(16,17)18/h3-5,12,19H,2,6-11H2,1H3. The van der Waals surface area contributed by atoms with Gasteiger partial charge in [0.1, 0.15) is 5.82 Å². The Kier molecular flexibility index (Phi) is 5.45. The van der Waals surface area contributed by atoms with Gasteiger partial charge < -0.3 is 10.2 Å². The van der Waals surface area contributed by atoms with E-state index in [1.165, 1.54) is 0 Å². The largest absolute Gasteiger partial charge is 0.391 e. The molecule has 1 aromatic heterocycles. The van der Waals surface area contributed by atoms with Gasteiger partial charge in [0.15, 0.2) is 0 Å². The normalized spacial score (nSPS) is 17.2. The Hall–Kier alpha value is -1.30. The number of anilines is 1. The molecule has 0 saturated carbocycles. The third-order valence-electron chi connectivity index (χ3n) is 3.81. The van der Waals surface area contributed by atoms with Crippen molar-refractivity contribution in [3.8, 4) is 0 Å². The molecule has 0 amide bonds. The van der Waals surface area contributed by atoms with Crippen LogP contribution in [0.3, 0.4) is 0 Å². The molecule has 118 valence electrons. The summed E-state index contributed by atoms with van der Waals surface area (Å²) in [4.78, 5) is 6.49. The van der Waals surface area contributed by atoms with Crippen molar-refractivity contribution in [2.45, 2.75) is 38.9 Å². The minimum Gasteiger partial charge on any atom is -0.357 e. The van der Waals surface area contributed by atoms with Gasteiger partial charge >= 0.3 is 6.18 Å². The van der Waals surface area contributed by atoms with E-state index in [1.807, 2.05) is 23.1 Å². The second-order valence-corrected chi connectivity index (χ2v) is 5.47. The monoisotopic (exact) mass is 301 g/mol. The van der Waals surface area contributed by atoms with Crippen LogP contribution in [0.2, 0.25) is 0 Å². The summed E-state index contributed by atoms with van der Waals surface area (Å²) in [7, 11) is 0. The van der Waals surface area contributed by atoms with Gasteiger partial charge in [0.2, 0.25) is 0 Å². The first-order valence-electron chi connectivity index (χ1n) is 7.49. The first-order chi connectivity index (χ1) is 10.0. The number of rotatable bonds is 5. The fourth-order valence-electron chi connectivity index (χ4n) is 2.57. The van der Waals surface area contributed by atoms with Crippen molar-refractivity contribution in [1.29, 1.82) is 0 Å². The van der Waals surface area contributed by atoms with E-state index < -0.39 is 12.1 Å². The molecule has 1 aromatic rings. The molecule has 1 fully saturated rings. The van der Waals surface area contributed by atoms with Crippen molar-refractivity contribution < 1.29 is 13.2 Å². The maximum atomic E-state index is 12.7. The number of pyridine rings is 1. The summed E-state index contributed by atoms with van der Waals surface area (Å²) in [5, 5.41) is 3.28. The summed E-state index contributed by atoms with van der Waals surface area (Å²) in [5.41, 5.74) is 0.930. The topological polar surface area (TPSA) is 28.2 Å². The van der Waals surface area contributed by atoms with Gasteiger partial charge in [-0.2, -0.15) is 13.2 Å². The third kappa shape index (κ3) is 4.59. The van der Waals surface area contributed by atoms with Crippen LogP contribution in [0.5, 0.6) is 0 Å². The molecule has 3 nitrogen and oxygen atoms in total. The number of halogens is 3. The van der Waals surface area contributed by atoms with Crippen LogP contribution in [0.4, 0.5) is 19.0 Å². The molecule has 0 aromatic carbocycles. The van der Waals surface area contributed by atoms with Gasteiger partial charge in [0, 0.05) is 19.6 Å². The van der Waals surface area contributed by atoms with Gasteiger partial charge in [-0.1, -0.05) is 13.0 Å². The Labute approximate surface area is 123 Å². The fraction of sp³-hybridized carbons (Fsp3) is 0.667. The van der Waals surface area contributed by atoms with Crippen LogP contribution < -0.4 is 10.2 Å². The molecule has 1 saturated heterocycles. The van der Waals surface area contributed by atoms with E-state index in [1.54, 1.807) is 0 Å². The predicted molar refractivity (Wildman–Crippen MR) is 77.2 cm³/mol. The van der Waals surface area contributed by atoms with Gasteiger partial charge in [-0.05, 0) is 37.9 Å². The SMILES string of the molecule is CCCNCc1cccc(N2CCC(C(F)(F)F)CC2)n1. The first kappa shape index (κ1) is 16.1. The zero-order valence-corrected chi connectivity index (χ0v) is 12.3. The Balaban J connectivity index is 1.92. The van der Waals surface area contributed by atoms with E-state index in [9.17, 15) is 13.2 Å². The highest BCUT2D eigenvalue weighted by Gasteiger charge is 2.41. The summed E-state index contributed by atoms with van der Waals surface area (Å²) < 4.78 is 38.0. The number of nitrogens with one attached hydrogen (secondary N) is 1. The number of piperidine rings is 1. The van der Waals surface area contributed by atoms with Crippen molar-refractivity contribution in [2.24, 2.45) is 5.92 Å². The molecular formula is C15H22F3N3. The molecule has 1 aliphatic heterocycles. The van der Waals surface area contributed by atoms with Gasteiger partial charge in [-0.3, -0.25) is 0 Å². The van der Waals surface area contributed by atoms with Gasteiger partial charge in [0.05, 0.1) is 11.6 Å². The number of alkyl halides is 3. The zero-order valence-electron chi connectivity index (χ0n) is 12.3. The lowest BCUT2D eigenvalue weighted by molar-refractivity contribution is -0.179. The maximum absolute atomic E-state index is 12.7. The summed E-state index contributed by atoms with van der Waals surface area (Å²) in [6.07, 6.45) is -2.69. The highest BCUT2D eigenvalue weighted by molar-refractivity contribution is 5.39. The first-order valence-corrected chi connectivity index (χ1v) is 7.49. The summed E-state index contributed by atoms with van der Waals surface area (Å²) in [5.74, 6) is -0.380. The predicted octanol–water partition coefficient (Wildman–Crippen LogP) is 3.36. The lowest BCUT2D eigenvalue weighted by Gasteiger charge is -2.33. The quantitative estimate of drug-likeness (QED) is 0.845. The summed E-state index contributed by atoms with van der Waals surface area (Å²) >= 11 is 0. The van der Waals surface area contributed by atoms with E-state index >= 15 is 0 Å². The van der Waals surface area contributed by atoms with E-state index in [2.05, 4.69) is 17.2 Å². The fourth-order valence-corrected chi connectivity index (χ4v) is 2.57. The molecule has 0 aliphatic carbocycles. The maximum Gasteiger partial charge on any atom is 0.391 e. The van der Waals surface area contributed by atoms with Crippen LogP contribution in [0.15, 0.2) is 18.2 Å². The van der Waals surface area contributed by atoms with E-state index in [0.717, 1.165) is 24.5 Å². The second-order valence-electron chi connectivity index (χ2n) is 5.47. The van der Waals surface area contributed by atoms with Crippen molar-refractivity contribution in [3.63, 3.8) is 0 Å². The van der Waals surface area contributed by atoms with E-state index in [4.69, 9.17) is 0 Å². The zero-order chi connectivity index (χ0) is 15.3. The molecule has 6 heteroatoms. The average Bonchev–Trinajstić information content (AvgIpc) is 2.47. The summed E-state index contributed by atoms with van der Waals surface area (Å²) in [6, 6.07) is 5.73. The number of nitrogens with zero attached hydrogens (tertiary/aromatic N) is 2. The Morgan fingerprint density at radius 1 is 1.29 bits per heavy atom. The van der Waals surface area contributed by atoms with Crippen molar-refractivity contribution >= 4 is 5.82 Å². The summed E-state index contributed by atoms with van der Waals surface area (Å²) in [6.45, 7) is 4.57. The molecule has 0 spiro atoms. The lowest BCUT2D eigenvalue weighted by atomic mass is 9.96. The molecule has 2 heterocycles. The van der Waals surface area contributed by atoms with Crippen molar-refractivity contribution in [1.82, 2.24) is 10.3 Å². The Morgan fingerprint density at radius 2 is 2.00 bits per heavy atom. The molecule has 0 bridgehead atoms. The molecule has 1 N–H and O–H groups in total. The Bertz CT molecular complexity index is 440. The minimum atomic E-state index is -4.06. The van der Waals surface area contributed by atoms with Gasteiger partial charge in [-0.15, -0.1) is 0 Å². The van der Waals surface area contributed by atoms with Crippen LogP contribution in [0.25, 0.3) is 0 Å². The van der Waals surface area contributed by atoms with Crippen LogP contribution in [0, 0.1) is 5.92 Å². The van der Waals surface area contributed by atoms with E-state index in [0.29, 0.717) is 19.6 Å². The number of aromatic nitrogens is 1. The van der Waals surface area contributed by atoms with Crippen LogP contribution in [-0.4, -0.2) is 30.8 Å². The molecule has 0 unspecified atom stereocenters. The van der Waals surface area contributed by atoms with E-state index in [-0.39, 0.29) is 12.8 Å². The highest BCUT2D eigenvalue weighted by Crippen LogP contribution is 2.34. The molecule has 2 rings (SSSR count). The third-order valence-corrected chi connectivity index (χ3v) is 3.81. The number of hydrogen-bond donors (Lipinski definition) is 1. The van der Waals surface area contributed by atoms with Crippen molar-refractivity contribution in [3.05, 3.63) is 23.9 Å². The molecule has 1 aliphatic rings. The van der Waals surface area contributed by atoms with Crippen LogP contribution in [0.1, 0.15) is 31.9 Å². The van der Waals surface area contributed by atoms with Crippen LogP contribution in [-0.2, 0) is 6.54 Å². The van der Waals surface area contributed by atoms with Gasteiger partial charge in [-0.25, -0.2) is 4.98 Å². The lowest BCUT2D eigenvalue weighted by Crippen LogP contribution is -2.39. The number of hydrogen-bond acceptors (Lipinski definition) is 3. The minimum absolute atomic E-state index is 0.156. The van der Waals surface area contributed by atoms with Crippen molar-refractivity contribution in [2.75, 3.05) is 24.5 Å². The van der Waals surface area contributed by atoms with Gasteiger partial charge in [0.25, 0.3) is 0 Å². The van der Waals surface area contributed by atoms with Crippen LogP contribution >= 0.6 is 0 Å². The molecular weight excluding hydrogens is 279 g/mol. The molecule has 21 heavy (non-hydrogen) atoms. The average molecular weight is 301 g/mol. The Morgan fingerprint density at radius 3 is 2.62 bits per heavy atom. The molecule has 0 atom stereocenters. The molecule has 0 radical (unpaired) electrons.